The Labute approximate surface area is 127 Å². The maximum absolute atomic E-state index is 2.27. The summed E-state index contributed by atoms with van der Waals surface area (Å²) in [5, 5.41) is 2.69. The minimum Gasteiger partial charge on any atom is -0.0617 e. The SMILES string of the molecule is CCc1cccc(CC)c1-c1c(C)ccc2ccccc12. The van der Waals surface area contributed by atoms with Crippen LogP contribution in [0.25, 0.3) is 21.9 Å². The quantitative estimate of drug-likeness (QED) is 0.554. The molecule has 0 fully saturated rings. The Bertz CT molecular complexity index is 759. The average molecular weight is 274 g/mol. The van der Waals surface area contributed by atoms with Crippen molar-refractivity contribution in [3.63, 3.8) is 0 Å². The molecular weight excluding hydrogens is 252 g/mol. The molecule has 21 heavy (non-hydrogen) atoms. The van der Waals surface area contributed by atoms with E-state index in [-0.39, 0.29) is 0 Å². The Morgan fingerprint density at radius 2 is 1.33 bits per heavy atom. The van der Waals surface area contributed by atoms with E-state index in [1.54, 1.807) is 0 Å². The molecule has 0 N–H and O–H groups in total. The third-order valence-corrected chi connectivity index (χ3v) is 4.39. The smallest absolute Gasteiger partial charge is 0.00706 e. The first-order chi connectivity index (χ1) is 10.3. The predicted octanol–water partition coefficient (Wildman–Crippen LogP) is 5.94. The van der Waals surface area contributed by atoms with Crippen molar-refractivity contribution in [2.45, 2.75) is 33.6 Å². The summed E-state index contributed by atoms with van der Waals surface area (Å²) in [6.07, 6.45) is 2.15. The van der Waals surface area contributed by atoms with Crippen LogP contribution >= 0.6 is 0 Å². The summed E-state index contributed by atoms with van der Waals surface area (Å²) < 4.78 is 0. The summed E-state index contributed by atoms with van der Waals surface area (Å²) >= 11 is 0. The first-order valence-electron chi connectivity index (χ1n) is 7.85. The van der Waals surface area contributed by atoms with Crippen LogP contribution < -0.4 is 0 Å². The normalized spacial score (nSPS) is 11.0. The lowest BCUT2D eigenvalue weighted by Crippen LogP contribution is -1.97. The number of hydrogen-bond donors (Lipinski definition) is 0. The van der Waals surface area contributed by atoms with Crippen LogP contribution in [0.3, 0.4) is 0 Å². The lowest BCUT2D eigenvalue weighted by molar-refractivity contribution is 1.09. The predicted molar refractivity (Wildman–Crippen MR) is 92.9 cm³/mol. The zero-order chi connectivity index (χ0) is 14.8. The molecule has 0 unspecified atom stereocenters. The number of hydrogen-bond acceptors (Lipinski definition) is 0. The molecule has 0 saturated heterocycles. The van der Waals surface area contributed by atoms with E-state index < -0.39 is 0 Å². The topological polar surface area (TPSA) is 0 Å². The van der Waals surface area contributed by atoms with Crippen molar-refractivity contribution in [1.82, 2.24) is 0 Å². The summed E-state index contributed by atoms with van der Waals surface area (Å²) in [7, 11) is 0. The van der Waals surface area contributed by atoms with Crippen LogP contribution in [0, 0.1) is 6.92 Å². The van der Waals surface area contributed by atoms with Crippen LogP contribution in [0.4, 0.5) is 0 Å². The standard InChI is InChI=1S/C21H22/c1-4-16-10-8-11-17(5-2)21(16)20-15(3)13-14-18-9-6-7-12-19(18)20/h6-14H,4-5H2,1-3H3. The molecule has 0 radical (unpaired) electrons. The summed E-state index contributed by atoms with van der Waals surface area (Å²) in [4.78, 5) is 0. The number of rotatable bonds is 3. The summed E-state index contributed by atoms with van der Waals surface area (Å²) in [6, 6.07) is 20.0. The van der Waals surface area contributed by atoms with Crippen molar-refractivity contribution in [2.24, 2.45) is 0 Å². The van der Waals surface area contributed by atoms with Gasteiger partial charge in [-0.15, -0.1) is 0 Å². The highest BCUT2D eigenvalue weighted by molar-refractivity contribution is 5.99. The van der Waals surface area contributed by atoms with E-state index in [0.29, 0.717) is 0 Å². The van der Waals surface area contributed by atoms with Gasteiger partial charge in [0.25, 0.3) is 0 Å². The number of fused-ring (bicyclic) bond motifs is 1. The molecule has 0 heteroatoms. The van der Waals surface area contributed by atoms with E-state index in [9.17, 15) is 0 Å². The molecule has 3 aromatic carbocycles. The van der Waals surface area contributed by atoms with Gasteiger partial charge in [0.15, 0.2) is 0 Å². The van der Waals surface area contributed by atoms with E-state index in [2.05, 4.69) is 75.4 Å². The lowest BCUT2D eigenvalue weighted by Gasteiger charge is -2.18. The molecule has 0 atom stereocenters. The molecule has 3 aromatic rings. The van der Waals surface area contributed by atoms with Crippen LogP contribution in [0.1, 0.15) is 30.5 Å². The monoisotopic (exact) mass is 274 g/mol. The second kappa shape index (κ2) is 5.73. The summed E-state index contributed by atoms with van der Waals surface area (Å²) in [6.45, 7) is 6.73. The molecule has 0 saturated carbocycles. The van der Waals surface area contributed by atoms with Gasteiger partial charge in [0.2, 0.25) is 0 Å². The number of benzene rings is 3. The first kappa shape index (κ1) is 13.9. The number of aryl methyl sites for hydroxylation is 3. The molecule has 0 bridgehead atoms. The highest BCUT2D eigenvalue weighted by atomic mass is 14.2. The van der Waals surface area contributed by atoms with E-state index in [4.69, 9.17) is 0 Å². The van der Waals surface area contributed by atoms with Crippen LogP contribution in [0.2, 0.25) is 0 Å². The fraction of sp³-hybridized carbons (Fsp3) is 0.238. The molecule has 0 heterocycles. The van der Waals surface area contributed by atoms with Crippen molar-refractivity contribution in [3.05, 3.63) is 71.3 Å². The van der Waals surface area contributed by atoms with Crippen molar-refractivity contribution in [2.75, 3.05) is 0 Å². The van der Waals surface area contributed by atoms with Gasteiger partial charge in [-0.25, -0.2) is 0 Å². The van der Waals surface area contributed by atoms with Crippen molar-refractivity contribution in [1.29, 1.82) is 0 Å². The molecule has 3 rings (SSSR count). The van der Waals surface area contributed by atoms with E-state index >= 15 is 0 Å². The van der Waals surface area contributed by atoms with Crippen LogP contribution in [0.5, 0.6) is 0 Å². The molecule has 0 aliphatic rings. The largest absolute Gasteiger partial charge is 0.0617 e. The fourth-order valence-electron chi connectivity index (χ4n) is 3.28. The molecule has 0 aromatic heterocycles. The Balaban J connectivity index is 2.43. The molecule has 0 aliphatic heterocycles. The Morgan fingerprint density at radius 3 is 2.00 bits per heavy atom. The maximum Gasteiger partial charge on any atom is -0.00706 e. The zero-order valence-electron chi connectivity index (χ0n) is 13.1. The Hall–Kier alpha value is -2.08. The van der Waals surface area contributed by atoms with Gasteiger partial charge in [0.05, 0.1) is 0 Å². The first-order valence-corrected chi connectivity index (χ1v) is 7.85. The Kier molecular flexibility index (Phi) is 3.79. The van der Waals surface area contributed by atoms with Gasteiger partial charge in [0, 0.05) is 0 Å². The van der Waals surface area contributed by atoms with Gasteiger partial charge in [-0.1, -0.05) is 68.4 Å². The summed E-state index contributed by atoms with van der Waals surface area (Å²) in [5.41, 5.74) is 7.14. The molecule has 106 valence electrons. The molecule has 0 spiro atoms. The fourth-order valence-corrected chi connectivity index (χ4v) is 3.28. The van der Waals surface area contributed by atoms with E-state index in [0.717, 1.165) is 12.8 Å². The van der Waals surface area contributed by atoms with Crippen LogP contribution in [0.15, 0.2) is 54.6 Å². The van der Waals surface area contributed by atoms with Crippen molar-refractivity contribution < 1.29 is 0 Å². The van der Waals surface area contributed by atoms with Gasteiger partial charge < -0.3 is 0 Å². The van der Waals surface area contributed by atoms with Crippen molar-refractivity contribution >= 4 is 10.8 Å². The minimum absolute atomic E-state index is 1.08. The van der Waals surface area contributed by atoms with E-state index in [1.165, 1.54) is 38.6 Å². The summed E-state index contributed by atoms with van der Waals surface area (Å²) in [5.74, 6) is 0. The molecule has 0 nitrogen and oxygen atoms in total. The van der Waals surface area contributed by atoms with Crippen LogP contribution in [-0.2, 0) is 12.8 Å². The highest BCUT2D eigenvalue weighted by Crippen LogP contribution is 2.36. The second-order valence-electron chi connectivity index (χ2n) is 5.64. The molecular formula is C21H22. The highest BCUT2D eigenvalue weighted by Gasteiger charge is 2.13. The van der Waals surface area contributed by atoms with E-state index in [1.807, 2.05) is 0 Å². The molecule has 0 aliphatic carbocycles. The van der Waals surface area contributed by atoms with Gasteiger partial charge in [-0.2, -0.15) is 0 Å². The average Bonchev–Trinajstić information content (AvgIpc) is 2.54. The van der Waals surface area contributed by atoms with Crippen LogP contribution in [-0.4, -0.2) is 0 Å². The van der Waals surface area contributed by atoms with Gasteiger partial charge >= 0.3 is 0 Å². The van der Waals surface area contributed by atoms with Gasteiger partial charge in [-0.05, 0) is 58.4 Å². The third kappa shape index (κ3) is 2.35. The van der Waals surface area contributed by atoms with Gasteiger partial charge in [0.1, 0.15) is 0 Å². The van der Waals surface area contributed by atoms with Gasteiger partial charge in [-0.3, -0.25) is 0 Å². The third-order valence-electron chi connectivity index (χ3n) is 4.39. The minimum atomic E-state index is 1.08. The zero-order valence-corrected chi connectivity index (χ0v) is 13.1. The molecule has 0 amide bonds. The lowest BCUT2D eigenvalue weighted by atomic mass is 9.86. The second-order valence-corrected chi connectivity index (χ2v) is 5.64. The Morgan fingerprint density at radius 1 is 0.667 bits per heavy atom. The van der Waals surface area contributed by atoms with Crippen molar-refractivity contribution in [3.8, 4) is 11.1 Å². The maximum atomic E-state index is 2.27.